The molecule has 0 aromatic carbocycles. The molecule has 0 aromatic rings. The van der Waals surface area contributed by atoms with Gasteiger partial charge in [-0.05, 0) is 20.8 Å². The minimum Gasteiger partial charge on any atom is -0.334 e. The smallest absolute Gasteiger partial charge is 0.334 e. The summed E-state index contributed by atoms with van der Waals surface area (Å²) in [6.07, 6.45) is -14.7. The summed E-state index contributed by atoms with van der Waals surface area (Å²) in [5.41, 5.74) is 0. The van der Waals surface area contributed by atoms with Gasteiger partial charge < -0.3 is 28.8 Å². The summed E-state index contributed by atoms with van der Waals surface area (Å²) in [6.45, 7) is 2.64. The van der Waals surface area contributed by atoms with Gasteiger partial charge in [0.05, 0.1) is 0 Å². The summed E-state index contributed by atoms with van der Waals surface area (Å²) < 4.78 is 101. The Morgan fingerprint density at radius 2 is 0.581 bits per heavy atom. The number of carbonyl (C=O) groups is 6. The molecular formula is C15H12F9InO6. The van der Waals surface area contributed by atoms with Crippen LogP contribution < -0.4 is 0 Å². The largest absolute Gasteiger partial charge is 3.00 e. The summed E-state index contributed by atoms with van der Waals surface area (Å²) in [5.74, 6) is -9.04. The number of carbonyl (C=O) groups excluding carboxylic acids is 6. The molecule has 31 heavy (non-hydrogen) atoms. The fourth-order valence-electron chi connectivity index (χ4n) is 0.799. The van der Waals surface area contributed by atoms with Gasteiger partial charge in [-0.15, -0.1) is 0 Å². The average molecular weight is 574 g/mol. The van der Waals surface area contributed by atoms with E-state index in [1.165, 1.54) is 0 Å². The Bertz CT molecular complexity index is 573. The molecule has 0 fully saturated rings. The molecule has 0 aliphatic rings. The van der Waals surface area contributed by atoms with Crippen molar-refractivity contribution in [3.05, 3.63) is 19.3 Å². The van der Waals surface area contributed by atoms with Gasteiger partial charge in [0.15, 0.2) is 0 Å². The van der Waals surface area contributed by atoms with Crippen LogP contribution in [0, 0.1) is 19.3 Å². The third-order valence-corrected chi connectivity index (χ3v) is 1.84. The summed E-state index contributed by atoms with van der Waals surface area (Å²) in [4.78, 5) is 59.4. The second-order valence-electron chi connectivity index (χ2n) is 4.85. The molecule has 0 heterocycles. The van der Waals surface area contributed by atoms with Gasteiger partial charge >= 0.3 is 44.4 Å². The van der Waals surface area contributed by atoms with Crippen LogP contribution in [0.5, 0.6) is 0 Å². The molecule has 0 atom stereocenters. The summed E-state index contributed by atoms with van der Waals surface area (Å²) >= 11 is 0. The average Bonchev–Trinajstić information content (AvgIpc) is 2.43. The molecule has 0 N–H and O–H groups in total. The topological polar surface area (TPSA) is 102 Å². The summed E-state index contributed by atoms with van der Waals surface area (Å²) in [5, 5.41) is 0. The van der Waals surface area contributed by atoms with Crippen molar-refractivity contribution in [2.75, 3.05) is 0 Å². The van der Waals surface area contributed by atoms with Crippen molar-refractivity contribution in [1.29, 1.82) is 0 Å². The molecule has 0 radical (unpaired) electrons. The normalized spacial score (nSPS) is 10.5. The summed E-state index contributed by atoms with van der Waals surface area (Å²) in [7, 11) is 0. The quantitative estimate of drug-likeness (QED) is 0.275. The van der Waals surface area contributed by atoms with Gasteiger partial charge in [-0.3, -0.25) is 19.3 Å². The van der Waals surface area contributed by atoms with Crippen molar-refractivity contribution < 1.29 is 68.3 Å². The maximum absolute atomic E-state index is 11.3. The number of hydrogen-bond donors (Lipinski definition) is 0. The number of alkyl halides is 9. The van der Waals surface area contributed by atoms with Gasteiger partial charge in [-0.2, -0.15) is 39.5 Å². The van der Waals surface area contributed by atoms with E-state index in [0.29, 0.717) is 0 Å². The van der Waals surface area contributed by atoms with Crippen LogP contribution in [0.25, 0.3) is 0 Å². The fourth-order valence-corrected chi connectivity index (χ4v) is 0.799. The maximum atomic E-state index is 11.3. The number of rotatable bonds is 6. The minimum absolute atomic E-state index is 0. The minimum atomic E-state index is -4.92. The zero-order valence-electron chi connectivity index (χ0n) is 15.7. The van der Waals surface area contributed by atoms with E-state index in [1.54, 1.807) is 0 Å². The van der Waals surface area contributed by atoms with Crippen molar-refractivity contribution in [2.24, 2.45) is 0 Å². The van der Waals surface area contributed by atoms with Crippen molar-refractivity contribution in [3.8, 4) is 0 Å². The third-order valence-electron chi connectivity index (χ3n) is 1.84. The zero-order chi connectivity index (χ0) is 25.1. The molecule has 16 heteroatoms. The molecule has 0 aliphatic carbocycles. The van der Waals surface area contributed by atoms with E-state index < -0.39 is 53.2 Å². The molecule has 0 aromatic heterocycles. The molecule has 0 bridgehead atoms. The third kappa shape index (κ3) is 24.0. The molecule has 174 valence electrons. The molecule has 0 aliphatic heterocycles. The van der Waals surface area contributed by atoms with Crippen molar-refractivity contribution in [2.45, 2.75) is 39.3 Å². The predicted molar refractivity (Wildman–Crippen MR) is 83.9 cm³/mol. The molecule has 0 saturated carbocycles. The van der Waals surface area contributed by atoms with Crippen LogP contribution in [0.15, 0.2) is 0 Å². The maximum Gasteiger partial charge on any atom is 3.00 e. The standard InChI is InChI=1S/3C5H4F3O2.In/c3*1-3(9)2-4(10)5(6,7)8;/h3*2H,1H3;/q3*-1;+3. The van der Waals surface area contributed by atoms with Crippen LogP contribution in [0.2, 0.25) is 0 Å². The van der Waals surface area contributed by atoms with Gasteiger partial charge in [0.1, 0.15) is 17.3 Å². The number of halogens is 9. The molecule has 0 unspecified atom stereocenters. The zero-order valence-corrected chi connectivity index (χ0v) is 19.0. The van der Waals surface area contributed by atoms with Crippen molar-refractivity contribution in [1.82, 2.24) is 0 Å². The van der Waals surface area contributed by atoms with E-state index in [0.717, 1.165) is 20.8 Å². The molecular weight excluding hydrogens is 562 g/mol. The first kappa shape index (κ1) is 36.3. The fraction of sp³-hybridized carbons (Fsp3) is 0.400. The van der Waals surface area contributed by atoms with Crippen molar-refractivity contribution in [3.63, 3.8) is 0 Å². The monoisotopic (exact) mass is 574 g/mol. The molecule has 6 nitrogen and oxygen atoms in total. The van der Waals surface area contributed by atoms with E-state index in [1.807, 2.05) is 0 Å². The van der Waals surface area contributed by atoms with Crippen LogP contribution in [0.4, 0.5) is 39.5 Å². The Hall–Kier alpha value is -2.13. The Balaban J connectivity index is -0.000000174. The predicted octanol–water partition coefficient (Wildman–Crippen LogP) is 2.35. The van der Waals surface area contributed by atoms with E-state index in [-0.39, 0.29) is 45.1 Å². The van der Waals surface area contributed by atoms with Crippen LogP contribution in [-0.4, -0.2) is 79.1 Å². The van der Waals surface area contributed by atoms with Crippen LogP contribution in [0.3, 0.4) is 0 Å². The molecule has 0 amide bonds. The Morgan fingerprint density at radius 3 is 0.613 bits per heavy atom. The van der Waals surface area contributed by atoms with E-state index >= 15 is 0 Å². The molecule has 0 spiro atoms. The number of Topliss-reactive ketones (excluding diaryl/α,β-unsaturated/α-hetero) is 6. The van der Waals surface area contributed by atoms with Gasteiger partial charge in [-0.25, -0.2) is 0 Å². The van der Waals surface area contributed by atoms with E-state index in [4.69, 9.17) is 0 Å². The van der Waals surface area contributed by atoms with Gasteiger partial charge in [0, 0.05) is 17.3 Å². The second kappa shape index (κ2) is 14.8. The first-order valence-electron chi connectivity index (χ1n) is 6.91. The molecule has 0 saturated heterocycles. The Kier molecular flexibility index (Phi) is 17.3. The van der Waals surface area contributed by atoms with E-state index in [9.17, 15) is 68.3 Å². The van der Waals surface area contributed by atoms with Crippen LogP contribution >= 0.6 is 0 Å². The Labute approximate surface area is 187 Å². The van der Waals surface area contributed by atoms with Gasteiger partial charge in [-0.1, -0.05) is 0 Å². The van der Waals surface area contributed by atoms with Crippen molar-refractivity contribution >= 4 is 60.5 Å². The second-order valence-corrected chi connectivity index (χ2v) is 4.85. The SMILES string of the molecule is CC(=O)[CH-]C(=O)C(F)(F)F.CC(=O)[CH-]C(=O)C(F)(F)F.CC(=O)[CH-]C(=O)C(F)(F)F.[In+3]. The first-order valence-corrected chi connectivity index (χ1v) is 6.91. The van der Waals surface area contributed by atoms with E-state index in [2.05, 4.69) is 0 Å². The van der Waals surface area contributed by atoms with Gasteiger partial charge in [0.25, 0.3) is 0 Å². The Morgan fingerprint density at radius 1 is 0.452 bits per heavy atom. The van der Waals surface area contributed by atoms with Crippen LogP contribution in [0.1, 0.15) is 20.8 Å². The van der Waals surface area contributed by atoms with Crippen LogP contribution in [-0.2, 0) is 28.8 Å². The number of hydrogen-bond acceptors (Lipinski definition) is 6. The first-order chi connectivity index (χ1) is 13.0. The summed E-state index contributed by atoms with van der Waals surface area (Å²) in [6, 6.07) is 0. The van der Waals surface area contributed by atoms with Gasteiger partial charge in [0.2, 0.25) is 0 Å². The number of ketones is 6. The molecule has 0 rings (SSSR count).